The number of ketones is 1. The number of ether oxygens (including phenoxy) is 1. The van der Waals surface area contributed by atoms with Gasteiger partial charge in [-0.2, -0.15) is 0 Å². The normalized spacial score (nSPS) is 13.4. The molecule has 36 heavy (non-hydrogen) atoms. The predicted octanol–water partition coefficient (Wildman–Crippen LogP) is 1.26. The second kappa shape index (κ2) is 12.2. The lowest BCUT2D eigenvalue weighted by molar-refractivity contribution is -0.120. The van der Waals surface area contributed by atoms with Crippen molar-refractivity contribution in [3.63, 3.8) is 0 Å². The minimum atomic E-state index is -0.223. The monoisotopic (exact) mass is 489 g/mol. The number of pyridine rings is 1. The van der Waals surface area contributed by atoms with E-state index < -0.39 is 0 Å². The third-order valence-electron chi connectivity index (χ3n) is 5.96. The number of anilines is 2. The summed E-state index contributed by atoms with van der Waals surface area (Å²) in [7, 11) is 1.84. The number of hydrogen-bond donors (Lipinski definition) is 3. The van der Waals surface area contributed by atoms with Gasteiger partial charge in [0.2, 0.25) is 5.91 Å². The lowest BCUT2D eigenvalue weighted by atomic mass is 10.0. The first-order valence-corrected chi connectivity index (χ1v) is 12.0. The molecule has 0 saturated carbocycles. The van der Waals surface area contributed by atoms with Crippen LogP contribution < -0.4 is 21.3 Å². The maximum atomic E-state index is 13.2. The molecule has 10 heteroatoms. The summed E-state index contributed by atoms with van der Waals surface area (Å²) < 4.78 is 5.45. The van der Waals surface area contributed by atoms with Crippen molar-refractivity contribution in [2.45, 2.75) is 12.8 Å². The number of nitrogens with zero attached hydrogens (tertiary/aromatic N) is 4. The third-order valence-corrected chi connectivity index (χ3v) is 5.96. The molecule has 10 nitrogen and oxygen atoms in total. The van der Waals surface area contributed by atoms with Gasteiger partial charge < -0.3 is 26.0 Å². The quantitative estimate of drug-likeness (QED) is 0.284. The first-order valence-electron chi connectivity index (χ1n) is 12.0. The number of morpholine rings is 1. The average molecular weight is 490 g/mol. The number of nitrogen functional groups attached to an aromatic ring is 1. The predicted molar refractivity (Wildman–Crippen MR) is 138 cm³/mol. The van der Waals surface area contributed by atoms with Gasteiger partial charge in [-0.15, -0.1) is 0 Å². The Morgan fingerprint density at radius 2 is 1.83 bits per heavy atom. The SMILES string of the molecule is CNCCNC(=O)Cc1ccc(-c2cnc(N)c(C(=O)Cc3cnccc3N3CCOCC3)n2)cc1. The highest BCUT2D eigenvalue weighted by atomic mass is 16.5. The van der Waals surface area contributed by atoms with Crippen LogP contribution in [0.1, 0.15) is 21.6 Å². The minimum Gasteiger partial charge on any atom is -0.382 e. The first kappa shape index (κ1) is 25.2. The Balaban J connectivity index is 1.47. The number of carbonyl (C=O) groups is 2. The third kappa shape index (κ3) is 6.41. The fourth-order valence-corrected chi connectivity index (χ4v) is 4.04. The van der Waals surface area contributed by atoms with E-state index in [1.54, 1.807) is 18.6 Å². The minimum absolute atomic E-state index is 0.0370. The van der Waals surface area contributed by atoms with Crippen LogP contribution in [0.2, 0.25) is 0 Å². The van der Waals surface area contributed by atoms with Gasteiger partial charge in [0.25, 0.3) is 0 Å². The number of amides is 1. The van der Waals surface area contributed by atoms with Crippen molar-refractivity contribution >= 4 is 23.2 Å². The Morgan fingerprint density at radius 1 is 1.06 bits per heavy atom. The van der Waals surface area contributed by atoms with E-state index in [0.717, 1.165) is 42.0 Å². The second-order valence-corrected chi connectivity index (χ2v) is 8.52. The molecule has 0 bridgehead atoms. The topological polar surface area (TPSA) is 135 Å². The van der Waals surface area contributed by atoms with Crippen LogP contribution in [0.3, 0.4) is 0 Å². The van der Waals surface area contributed by atoms with E-state index in [2.05, 4.69) is 30.5 Å². The molecule has 0 atom stereocenters. The van der Waals surface area contributed by atoms with Crippen LogP contribution in [-0.4, -0.2) is 73.1 Å². The standard InChI is InChI=1S/C26H31N7O3/c1-28-8-9-30-24(35)14-18-2-4-19(5-3-18)21-17-31-26(27)25(32-21)23(34)15-20-16-29-7-6-22(20)33-10-12-36-13-11-33/h2-7,16-17,28H,8-15H2,1H3,(H2,27,31)(H,30,35). The largest absolute Gasteiger partial charge is 0.382 e. The Kier molecular flexibility index (Phi) is 8.53. The molecule has 0 spiro atoms. The summed E-state index contributed by atoms with van der Waals surface area (Å²) in [6.45, 7) is 4.12. The van der Waals surface area contributed by atoms with Gasteiger partial charge in [0.1, 0.15) is 5.69 Å². The van der Waals surface area contributed by atoms with E-state index in [9.17, 15) is 9.59 Å². The van der Waals surface area contributed by atoms with Crippen LogP contribution in [0.15, 0.2) is 48.9 Å². The Labute approximate surface area is 210 Å². The molecule has 4 N–H and O–H groups in total. The number of nitrogens with one attached hydrogen (secondary N) is 2. The highest BCUT2D eigenvalue weighted by Gasteiger charge is 2.20. The van der Waals surface area contributed by atoms with Gasteiger partial charge in [-0.1, -0.05) is 24.3 Å². The van der Waals surface area contributed by atoms with Gasteiger partial charge in [-0.3, -0.25) is 14.6 Å². The summed E-state index contributed by atoms with van der Waals surface area (Å²) in [5.74, 6) is -0.167. The number of aromatic nitrogens is 3. The van der Waals surface area contributed by atoms with E-state index >= 15 is 0 Å². The Bertz CT molecular complexity index is 1190. The fourth-order valence-electron chi connectivity index (χ4n) is 4.04. The number of benzene rings is 1. The second-order valence-electron chi connectivity index (χ2n) is 8.52. The van der Waals surface area contributed by atoms with Crippen LogP contribution in [0, 0.1) is 0 Å². The number of likely N-dealkylation sites (N-methyl/N-ethyl adjacent to an activating group) is 1. The molecule has 0 aliphatic carbocycles. The van der Waals surface area contributed by atoms with E-state index in [-0.39, 0.29) is 36.0 Å². The highest BCUT2D eigenvalue weighted by Crippen LogP contribution is 2.24. The number of nitrogens with two attached hydrogens (primary N) is 1. The summed E-state index contributed by atoms with van der Waals surface area (Å²) >= 11 is 0. The van der Waals surface area contributed by atoms with Gasteiger partial charge in [0.15, 0.2) is 11.6 Å². The fraction of sp³-hybridized carbons (Fsp3) is 0.346. The van der Waals surface area contributed by atoms with E-state index in [1.165, 1.54) is 0 Å². The number of hydrogen-bond acceptors (Lipinski definition) is 9. The molecule has 1 aliphatic rings. The summed E-state index contributed by atoms with van der Waals surface area (Å²) in [6, 6.07) is 9.39. The maximum absolute atomic E-state index is 13.2. The van der Waals surface area contributed by atoms with Crippen LogP contribution in [0.25, 0.3) is 11.3 Å². The van der Waals surface area contributed by atoms with E-state index in [1.807, 2.05) is 37.4 Å². The summed E-state index contributed by atoms with van der Waals surface area (Å²) in [4.78, 5) is 40.5. The van der Waals surface area contributed by atoms with Gasteiger partial charge in [0.05, 0.1) is 31.5 Å². The molecule has 1 saturated heterocycles. The molecule has 0 radical (unpaired) electrons. The molecule has 3 aromatic rings. The lowest BCUT2D eigenvalue weighted by Crippen LogP contribution is -2.37. The molecule has 1 aliphatic heterocycles. The number of rotatable bonds is 10. The van der Waals surface area contributed by atoms with Crippen molar-refractivity contribution < 1.29 is 14.3 Å². The van der Waals surface area contributed by atoms with E-state index in [0.29, 0.717) is 25.5 Å². The average Bonchev–Trinajstić information content (AvgIpc) is 2.90. The van der Waals surface area contributed by atoms with Crippen LogP contribution in [0.4, 0.5) is 11.5 Å². The van der Waals surface area contributed by atoms with Crippen LogP contribution >= 0.6 is 0 Å². The number of Topliss-reactive ketones (excluding diaryl/α,β-unsaturated/α-hetero) is 1. The molecule has 4 rings (SSSR count). The van der Waals surface area contributed by atoms with Crippen molar-refractivity contribution in [2.75, 3.05) is 57.1 Å². The summed E-state index contributed by atoms with van der Waals surface area (Å²) in [6.07, 6.45) is 5.39. The Hall–Kier alpha value is -3.89. The Morgan fingerprint density at radius 3 is 2.58 bits per heavy atom. The molecule has 188 valence electrons. The van der Waals surface area contributed by atoms with Gasteiger partial charge in [-0.25, -0.2) is 9.97 Å². The zero-order valence-corrected chi connectivity index (χ0v) is 20.4. The zero-order chi connectivity index (χ0) is 25.3. The summed E-state index contributed by atoms with van der Waals surface area (Å²) in [5, 5.41) is 5.85. The van der Waals surface area contributed by atoms with Gasteiger partial charge in [0, 0.05) is 61.8 Å². The molecule has 0 unspecified atom stereocenters. The first-order chi connectivity index (χ1) is 17.5. The lowest BCUT2D eigenvalue weighted by Gasteiger charge is -2.30. The molecule has 1 aromatic carbocycles. The van der Waals surface area contributed by atoms with Crippen LogP contribution in [-0.2, 0) is 22.4 Å². The number of carbonyl (C=O) groups excluding carboxylic acids is 2. The molecular formula is C26H31N7O3. The van der Waals surface area contributed by atoms with Crippen molar-refractivity contribution in [3.8, 4) is 11.3 Å². The maximum Gasteiger partial charge on any atom is 0.224 e. The van der Waals surface area contributed by atoms with Crippen molar-refractivity contribution in [1.82, 2.24) is 25.6 Å². The smallest absolute Gasteiger partial charge is 0.224 e. The highest BCUT2D eigenvalue weighted by molar-refractivity contribution is 6.00. The van der Waals surface area contributed by atoms with Crippen molar-refractivity contribution in [3.05, 3.63) is 65.7 Å². The van der Waals surface area contributed by atoms with Crippen LogP contribution in [0.5, 0.6) is 0 Å². The molecule has 3 heterocycles. The van der Waals surface area contributed by atoms with Crippen molar-refractivity contribution in [2.24, 2.45) is 0 Å². The molecule has 1 amide bonds. The molecule has 2 aromatic heterocycles. The van der Waals surface area contributed by atoms with E-state index in [4.69, 9.17) is 10.5 Å². The van der Waals surface area contributed by atoms with Gasteiger partial charge in [-0.05, 0) is 18.7 Å². The summed E-state index contributed by atoms with van der Waals surface area (Å²) in [5.41, 5.74) is 10.2. The van der Waals surface area contributed by atoms with Gasteiger partial charge >= 0.3 is 0 Å². The molecular weight excluding hydrogens is 458 g/mol. The molecule has 1 fully saturated rings. The zero-order valence-electron chi connectivity index (χ0n) is 20.4. The van der Waals surface area contributed by atoms with Crippen molar-refractivity contribution in [1.29, 1.82) is 0 Å².